The summed E-state index contributed by atoms with van der Waals surface area (Å²) in [6, 6.07) is 15.8. The molecule has 0 atom stereocenters. The second kappa shape index (κ2) is 10.1. The number of hydrogen-bond donors (Lipinski definition) is 1. The molecular weight excluding hydrogens is 348 g/mol. The van der Waals surface area contributed by atoms with Gasteiger partial charge in [0, 0.05) is 12.6 Å². The Hall–Kier alpha value is -2.59. The molecule has 0 radical (unpaired) electrons. The maximum absolute atomic E-state index is 12.5. The van der Waals surface area contributed by atoms with E-state index < -0.39 is 0 Å². The summed E-state index contributed by atoms with van der Waals surface area (Å²) in [6.45, 7) is 8.03. The molecule has 4 heteroatoms. The van der Waals surface area contributed by atoms with Crippen molar-refractivity contribution in [1.82, 2.24) is 4.90 Å². The third kappa shape index (κ3) is 7.20. The first kappa shape index (κ1) is 21.7. The van der Waals surface area contributed by atoms with E-state index in [-0.39, 0.29) is 11.3 Å². The van der Waals surface area contributed by atoms with Crippen molar-refractivity contribution in [1.29, 1.82) is 0 Å². The largest absolute Gasteiger partial charge is 0.491 e. The highest BCUT2D eigenvalue weighted by Crippen LogP contribution is 2.31. The van der Waals surface area contributed by atoms with Crippen molar-refractivity contribution < 1.29 is 9.53 Å². The highest BCUT2D eigenvalue weighted by Gasteiger charge is 2.17. The quantitative estimate of drug-likeness (QED) is 0.519. The molecule has 0 saturated heterocycles. The Morgan fingerprint density at radius 3 is 2.46 bits per heavy atom. The molecule has 0 spiro atoms. The topological polar surface area (TPSA) is 41.6 Å². The van der Waals surface area contributed by atoms with Crippen molar-refractivity contribution in [3.8, 4) is 5.75 Å². The molecular formula is C24H32N2O2. The van der Waals surface area contributed by atoms with Crippen LogP contribution in [0.4, 0.5) is 5.69 Å². The molecule has 2 aromatic carbocycles. The highest BCUT2D eigenvalue weighted by molar-refractivity contribution is 6.02. The van der Waals surface area contributed by atoms with Crippen LogP contribution in [-0.4, -0.2) is 38.1 Å². The number of amides is 1. The van der Waals surface area contributed by atoms with E-state index in [1.165, 1.54) is 0 Å². The second-order valence-electron chi connectivity index (χ2n) is 8.20. The maximum atomic E-state index is 12.5. The van der Waals surface area contributed by atoms with E-state index in [4.69, 9.17) is 4.74 Å². The Labute approximate surface area is 169 Å². The minimum absolute atomic E-state index is 0.0111. The Bertz CT molecular complexity index is 790. The van der Waals surface area contributed by atoms with E-state index in [1.807, 2.05) is 56.6 Å². The van der Waals surface area contributed by atoms with Crippen LogP contribution < -0.4 is 10.1 Å². The van der Waals surface area contributed by atoms with Gasteiger partial charge >= 0.3 is 0 Å². The first-order valence-corrected chi connectivity index (χ1v) is 9.72. The van der Waals surface area contributed by atoms with Gasteiger partial charge in [0.2, 0.25) is 5.91 Å². The predicted molar refractivity (Wildman–Crippen MR) is 118 cm³/mol. The van der Waals surface area contributed by atoms with Crippen molar-refractivity contribution in [2.75, 3.05) is 32.6 Å². The average molecular weight is 381 g/mol. The zero-order valence-electron chi connectivity index (χ0n) is 17.7. The van der Waals surface area contributed by atoms with Crippen LogP contribution in [0.2, 0.25) is 0 Å². The van der Waals surface area contributed by atoms with E-state index in [2.05, 4.69) is 37.1 Å². The molecule has 28 heavy (non-hydrogen) atoms. The third-order valence-electron chi connectivity index (χ3n) is 4.34. The predicted octanol–water partition coefficient (Wildman–Crippen LogP) is 4.97. The highest BCUT2D eigenvalue weighted by atomic mass is 16.5. The minimum atomic E-state index is -0.173. The van der Waals surface area contributed by atoms with E-state index >= 15 is 0 Å². The van der Waals surface area contributed by atoms with Crippen LogP contribution in [0, 0.1) is 0 Å². The molecule has 4 nitrogen and oxygen atoms in total. The van der Waals surface area contributed by atoms with Gasteiger partial charge < -0.3 is 15.0 Å². The summed E-state index contributed by atoms with van der Waals surface area (Å²) in [7, 11) is 4.09. The number of carbonyl (C=O) groups is 1. The Kier molecular flexibility index (Phi) is 7.82. The minimum Gasteiger partial charge on any atom is -0.491 e. The van der Waals surface area contributed by atoms with E-state index in [0.29, 0.717) is 18.0 Å². The molecule has 0 heterocycles. The fraction of sp³-hybridized carbons (Fsp3) is 0.375. The Morgan fingerprint density at radius 2 is 1.82 bits per heavy atom. The van der Waals surface area contributed by atoms with E-state index in [9.17, 15) is 4.79 Å². The molecule has 0 unspecified atom stereocenters. The van der Waals surface area contributed by atoms with Crippen LogP contribution >= 0.6 is 0 Å². The second-order valence-corrected chi connectivity index (χ2v) is 8.20. The van der Waals surface area contributed by atoms with Crippen LogP contribution in [0.5, 0.6) is 5.75 Å². The number of carbonyl (C=O) groups excluding carboxylic acids is 1. The van der Waals surface area contributed by atoms with Crippen molar-refractivity contribution in [2.45, 2.75) is 32.6 Å². The molecule has 0 aliphatic carbocycles. The van der Waals surface area contributed by atoms with E-state index in [0.717, 1.165) is 24.1 Å². The van der Waals surface area contributed by atoms with Gasteiger partial charge in [0.25, 0.3) is 0 Å². The smallest absolute Gasteiger partial charge is 0.248 e. The molecule has 0 aliphatic rings. The number of rotatable bonds is 8. The monoisotopic (exact) mass is 380 g/mol. The fourth-order valence-corrected chi connectivity index (χ4v) is 2.69. The van der Waals surface area contributed by atoms with Gasteiger partial charge in [-0.05, 0) is 55.3 Å². The Balaban J connectivity index is 2.13. The number of anilines is 1. The summed E-state index contributed by atoms with van der Waals surface area (Å²) in [5.74, 6) is 0.529. The molecule has 0 fully saturated rings. The molecule has 2 rings (SSSR count). The molecule has 1 amide bonds. The SMILES string of the molecule is CN(C)CCCOc1ccc(C(C)(C)C)cc1NC(=O)C=Cc1ccccc1. The lowest BCUT2D eigenvalue weighted by molar-refractivity contribution is -0.111. The lowest BCUT2D eigenvalue weighted by Crippen LogP contribution is -2.17. The summed E-state index contributed by atoms with van der Waals surface area (Å²) in [6.07, 6.45) is 4.28. The Morgan fingerprint density at radius 1 is 1.11 bits per heavy atom. The number of ether oxygens (including phenoxy) is 1. The molecule has 1 N–H and O–H groups in total. The summed E-state index contributed by atoms with van der Waals surface area (Å²) in [4.78, 5) is 14.6. The van der Waals surface area contributed by atoms with Gasteiger partial charge in [-0.3, -0.25) is 4.79 Å². The van der Waals surface area contributed by atoms with Gasteiger partial charge in [0.1, 0.15) is 5.75 Å². The van der Waals surface area contributed by atoms with Crippen molar-refractivity contribution >= 4 is 17.7 Å². The number of nitrogens with zero attached hydrogens (tertiary/aromatic N) is 1. The van der Waals surface area contributed by atoms with Gasteiger partial charge in [-0.25, -0.2) is 0 Å². The normalized spacial score (nSPS) is 11.8. The van der Waals surface area contributed by atoms with Crippen molar-refractivity contribution in [2.24, 2.45) is 0 Å². The van der Waals surface area contributed by atoms with Crippen LogP contribution in [-0.2, 0) is 10.2 Å². The van der Waals surface area contributed by atoms with Crippen molar-refractivity contribution in [3.63, 3.8) is 0 Å². The molecule has 2 aromatic rings. The van der Waals surface area contributed by atoms with Gasteiger partial charge in [-0.2, -0.15) is 0 Å². The molecule has 0 aliphatic heterocycles. The lowest BCUT2D eigenvalue weighted by Gasteiger charge is -2.21. The summed E-state index contributed by atoms with van der Waals surface area (Å²) in [5.41, 5.74) is 2.83. The van der Waals surface area contributed by atoms with Gasteiger partial charge in [0.05, 0.1) is 12.3 Å². The van der Waals surface area contributed by atoms with Crippen LogP contribution in [0.15, 0.2) is 54.6 Å². The van der Waals surface area contributed by atoms with Crippen molar-refractivity contribution in [3.05, 3.63) is 65.7 Å². The molecule has 0 saturated carbocycles. The molecule has 150 valence electrons. The summed E-state index contributed by atoms with van der Waals surface area (Å²) >= 11 is 0. The number of hydrogen-bond acceptors (Lipinski definition) is 3. The molecule has 0 bridgehead atoms. The average Bonchev–Trinajstić information content (AvgIpc) is 2.64. The molecule has 0 aromatic heterocycles. The number of nitrogens with one attached hydrogen (secondary N) is 1. The van der Waals surface area contributed by atoms with E-state index in [1.54, 1.807) is 12.2 Å². The zero-order valence-corrected chi connectivity index (χ0v) is 17.7. The van der Waals surface area contributed by atoms with Crippen LogP contribution in [0.25, 0.3) is 6.08 Å². The lowest BCUT2D eigenvalue weighted by atomic mass is 9.87. The van der Waals surface area contributed by atoms with Gasteiger partial charge in [-0.15, -0.1) is 0 Å². The maximum Gasteiger partial charge on any atom is 0.248 e. The van der Waals surface area contributed by atoms with Crippen LogP contribution in [0.1, 0.15) is 38.3 Å². The first-order valence-electron chi connectivity index (χ1n) is 9.72. The standard InChI is InChI=1S/C24H32N2O2/c1-24(2,3)20-13-14-22(28-17-9-16-26(4)5)21(18-20)25-23(27)15-12-19-10-7-6-8-11-19/h6-8,10-15,18H,9,16-17H2,1-5H3,(H,25,27). The zero-order chi connectivity index (χ0) is 20.6. The fourth-order valence-electron chi connectivity index (χ4n) is 2.69. The third-order valence-corrected chi connectivity index (χ3v) is 4.34. The van der Waals surface area contributed by atoms with Gasteiger partial charge in [0.15, 0.2) is 0 Å². The first-order chi connectivity index (χ1) is 13.3. The number of benzene rings is 2. The summed E-state index contributed by atoms with van der Waals surface area (Å²) < 4.78 is 5.95. The van der Waals surface area contributed by atoms with Crippen LogP contribution in [0.3, 0.4) is 0 Å². The van der Waals surface area contributed by atoms with Gasteiger partial charge in [-0.1, -0.05) is 57.2 Å². The summed E-state index contributed by atoms with van der Waals surface area (Å²) in [5, 5.41) is 2.98.